The van der Waals surface area contributed by atoms with E-state index in [4.69, 9.17) is 4.74 Å². The highest BCUT2D eigenvalue weighted by Gasteiger charge is 2.10. The number of carbonyl (C=O) groups is 1. The summed E-state index contributed by atoms with van der Waals surface area (Å²) in [7, 11) is 1.66. The van der Waals surface area contributed by atoms with E-state index >= 15 is 0 Å². The Morgan fingerprint density at radius 2 is 1.87 bits per heavy atom. The Hall–Kier alpha value is -0.610. The quantitative estimate of drug-likeness (QED) is 0.661. The van der Waals surface area contributed by atoms with Gasteiger partial charge in [-0.05, 0) is 19.8 Å². The molecule has 0 aliphatic rings. The maximum atomic E-state index is 11.4. The summed E-state index contributed by atoms with van der Waals surface area (Å²) in [6.45, 7) is 9.20. The van der Waals surface area contributed by atoms with Crippen molar-refractivity contribution in [2.24, 2.45) is 5.92 Å². The van der Waals surface area contributed by atoms with Crippen molar-refractivity contribution in [3.8, 4) is 0 Å². The van der Waals surface area contributed by atoms with Crippen molar-refractivity contribution in [2.45, 2.75) is 39.8 Å². The zero-order chi connectivity index (χ0) is 11.8. The van der Waals surface area contributed by atoms with Gasteiger partial charge in [0.15, 0.2) is 0 Å². The lowest BCUT2D eigenvalue weighted by Gasteiger charge is -2.18. The van der Waals surface area contributed by atoms with E-state index in [0.29, 0.717) is 19.0 Å². The van der Waals surface area contributed by atoms with Crippen LogP contribution in [-0.2, 0) is 9.53 Å². The number of carbonyl (C=O) groups excluding carboxylic acids is 1. The molecule has 0 rings (SSSR count). The first-order valence-corrected chi connectivity index (χ1v) is 5.50. The third-order valence-electron chi connectivity index (χ3n) is 2.51. The maximum Gasteiger partial charge on any atom is 0.234 e. The lowest BCUT2D eigenvalue weighted by molar-refractivity contribution is -0.121. The van der Waals surface area contributed by atoms with Crippen LogP contribution in [0.25, 0.3) is 0 Å². The molecule has 0 aliphatic carbocycles. The summed E-state index contributed by atoms with van der Waals surface area (Å²) >= 11 is 0. The second kappa shape index (κ2) is 7.65. The molecular weight excluding hydrogens is 192 g/mol. The maximum absolute atomic E-state index is 11.4. The van der Waals surface area contributed by atoms with Gasteiger partial charge in [0.1, 0.15) is 0 Å². The summed E-state index contributed by atoms with van der Waals surface area (Å²) in [6.07, 6.45) is 0.139. The minimum atomic E-state index is 0.0412. The molecule has 0 radical (unpaired) electrons. The molecule has 0 aromatic rings. The van der Waals surface area contributed by atoms with Gasteiger partial charge in [0.25, 0.3) is 0 Å². The predicted molar refractivity (Wildman–Crippen MR) is 61.8 cm³/mol. The molecule has 0 bridgehead atoms. The first-order valence-electron chi connectivity index (χ1n) is 5.50. The smallest absolute Gasteiger partial charge is 0.234 e. The Kier molecular flexibility index (Phi) is 7.34. The summed E-state index contributed by atoms with van der Waals surface area (Å²) in [6, 6.07) is 0.221. The summed E-state index contributed by atoms with van der Waals surface area (Å²) in [5.74, 6) is 0.506. The van der Waals surface area contributed by atoms with Crippen molar-refractivity contribution in [1.82, 2.24) is 10.6 Å². The molecule has 0 aliphatic heterocycles. The Labute approximate surface area is 92.8 Å². The van der Waals surface area contributed by atoms with Crippen LogP contribution in [-0.4, -0.2) is 38.3 Å². The largest absolute Gasteiger partial charge is 0.380 e. The molecule has 2 atom stereocenters. The van der Waals surface area contributed by atoms with E-state index in [0.717, 1.165) is 0 Å². The van der Waals surface area contributed by atoms with Crippen LogP contribution < -0.4 is 10.6 Å². The molecule has 1 amide bonds. The van der Waals surface area contributed by atoms with Crippen LogP contribution in [0.5, 0.6) is 0 Å². The van der Waals surface area contributed by atoms with Gasteiger partial charge < -0.3 is 15.4 Å². The van der Waals surface area contributed by atoms with Gasteiger partial charge in [-0.2, -0.15) is 0 Å². The first kappa shape index (κ1) is 14.4. The Balaban J connectivity index is 3.58. The highest BCUT2D eigenvalue weighted by atomic mass is 16.5. The number of methoxy groups -OCH3 is 1. The van der Waals surface area contributed by atoms with E-state index in [1.54, 1.807) is 7.11 Å². The molecule has 4 heteroatoms. The molecule has 2 unspecified atom stereocenters. The fourth-order valence-corrected chi connectivity index (χ4v) is 0.944. The highest BCUT2D eigenvalue weighted by molar-refractivity contribution is 5.78. The van der Waals surface area contributed by atoms with E-state index in [-0.39, 0.29) is 18.1 Å². The number of hydrogen-bond acceptors (Lipinski definition) is 3. The average molecular weight is 216 g/mol. The Bertz CT molecular complexity index is 183. The monoisotopic (exact) mass is 216 g/mol. The van der Waals surface area contributed by atoms with Crippen LogP contribution in [0.4, 0.5) is 0 Å². The predicted octanol–water partition coefficient (Wildman–Crippen LogP) is 0.772. The Morgan fingerprint density at radius 1 is 1.27 bits per heavy atom. The zero-order valence-electron chi connectivity index (χ0n) is 10.5. The summed E-state index contributed by atoms with van der Waals surface area (Å²) in [5, 5.41) is 5.97. The van der Waals surface area contributed by atoms with Crippen LogP contribution >= 0.6 is 0 Å². The third-order valence-corrected chi connectivity index (χ3v) is 2.51. The summed E-state index contributed by atoms with van der Waals surface area (Å²) < 4.78 is 5.06. The second-order valence-corrected chi connectivity index (χ2v) is 4.28. The molecule has 0 fully saturated rings. The van der Waals surface area contributed by atoms with E-state index in [1.807, 2.05) is 13.8 Å². The van der Waals surface area contributed by atoms with Gasteiger partial charge in [-0.1, -0.05) is 13.8 Å². The number of ether oxygens (including phenoxy) is 1. The molecule has 0 aromatic heterocycles. The van der Waals surface area contributed by atoms with Gasteiger partial charge in [0.2, 0.25) is 5.91 Å². The molecule has 0 saturated carbocycles. The average Bonchev–Trinajstić information content (AvgIpc) is 2.17. The molecule has 0 heterocycles. The molecule has 2 N–H and O–H groups in total. The SMILES string of the molecule is COC(C)CNCC(=O)NC(C)C(C)C. The Morgan fingerprint density at radius 3 is 2.33 bits per heavy atom. The summed E-state index contributed by atoms with van der Waals surface area (Å²) in [4.78, 5) is 11.4. The fourth-order valence-electron chi connectivity index (χ4n) is 0.944. The topological polar surface area (TPSA) is 50.4 Å². The van der Waals surface area contributed by atoms with Crippen LogP contribution in [0.1, 0.15) is 27.7 Å². The van der Waals surface area contributed by atoms with Gasteiger partial charge in [-0.25, -0.2) is 0 Å². The van der Waals surface area contributed by atoms with Crippen LogP contribution in [0, 0.1) is 5.92 Å². The molecule has 15 heavy (non-hydrogen) atoms. The van der Waals surface area contributed by atoms with Crippen molar-refractivity contribution in [3.63, 3.8) is 0 Å². The zero-order valence-corrected chi connectivity index (χ0v) is 10.5. The minimum Gasteiger partial charge on any atom is -0.380 e. The molecule has 4 nitrogen and oxygen atoms in total. The molecule has 90 valence electrons. The summed E-state index contributed by atoms with van der Waals surface area (Å²) in [5.41, 5.74) is 0. The van der Waals surface area contributed by atoms with E-state index in [1.165, 1.54) is 0 Å². The van der Waals surface area contributed by atoms with Crippen LogP contribution in [0.3, 0.4) is 0 Å². The van der Waals surface area contributed by atoms with Gasteiger partial charge in [0, 0.05) is 19.7 Å². The van der Waals surface area contributed by atoms with Crippen molar-refractivity contribution < 1.29 is 9.53 Å². The van der Waals surface area contributed by atoms with Gasteiger partial charge in [-0.3, -0.25) is 4.79 Å². The second-order valence-electron chi connectivity index (χ2n) is 4.28. The van der Waals surface area contributed by atoms with E-state index < -0.39 is 0 Å². The molecular formula is C11H24N2O2. The normalized spacial score (nSPS) is 15.1. The molecule has 0 saturated heterocycles. The number of hydrogen-bond donors (Lipinski definition) is 2. The molecule has 0 spiro atoms. The first-order chi connectivity index (χ1) is 6.97. The standard InChI is InChI=1S/C11H24N2O2/c1-8(2)10(4)13-11(14)7-12-6-9(3)15-5/h8-10,12H,6-7H2,1-5H3,(H,13,14). The third kappa shape index (κ3) is 7.33. The van der Waals surface area contributed by atoms with Crippen LogP contribution in [0.2, 0.25) is 0 Å². The lowest BCUT2D eigenvalue weighted by Crippen LogP contribution is -2.42. The molecule has 0 aromatic carbocycles. The van der Waals surface area contributed by atoms with E-state index in [9.17, 15) is 4.79 Å². The number of amides is 1. The van der Waals surface area contributed by atoms with Gasteiger partial charge in [-0.15, -0.1) is 0 Å². The minimum absolute atomic E-state index is 0.0412. The van der Waals surface area contributed by atoms with E-state index in [2.05, 4.69) is 24.5 Å². The van der Waals surface area contributed by atoms with Crippen molar-refractivity contribution >= 4 is 5.91 Å². The number of rotatable bonds is 7. The fraction of sp³-hybridized carbons (Fsp3) is 0.909. The van der Waals surface area contributed by atoms with Crippen molar-refractivity contribution in [1.29, 1.82) is 0 Å². The van der Waals surface area contributed by atoms with Gasteiger partial charge in [0.05, 0.1) is 12.6 Å². The highest BCUT2D eigenvalue weighted by Crippen LogP contribution is 1.98. The van der Waals surface area contributed by atoms with Crippen molar-refractivity contribution in [3.05, 3.63) is 0 Å². The van der Waals surface area contributed by atoms with Crippen molar-refractivity contribution in [2.75, 3.05) is 20.2 Å². The van der Waals surface area contributed by atoms with Crippen LogP contribution in [0.15, 0.2) is 0 Å². The van der Waals surface area contributed by atoms with Gasteiger partial charge >= 0.3 is 0 Å². The lowest BCUT2D eigenvalue weighted by atomic mass is 10.1. The number of nitrogens with one attached hydrogen (secondary N) is 2.